The van der Waals surface area contributed by atoms with Crippen LogP contribution < -0.4 is 15.7 Å². The molecule has 0 bridgehead atoms. The second kappa shape index (κ2) is 6.41. The summed E-state index contributed by atoms with van der Waals surface area (Å²) < 4.78 is 0.745. The van der Waals surface area contributed by atoms with E-state index in [1.807, 2.05) is 12.1 Å². The molecule has 0 aliphatic heterocycles. The normalized spacial score (nSPS) is 11.4. The minimum Gasteiger partial charge on any atom is -0.857 e. The number of nitrogens with one attached hydrogen (secondary N) is 2. The third-order valence-electron chi connectivity index (χ3n) is 3.18. The zero-order valence-corrected chi connectivity index (χ0v) is 13.9. The van der Waals surface area contributed by atoms with Gasteiger partial charge in [-0.1, -0.05) is 13.0 Å². The van der Waals surface area contributed by atoms with Crippen LogP contribution >= 0.6 is 15.9 Å². The van der Waals surface area contributed by atoms with Gasteiger partial charge in [0.25, 0.3) is 0 Å². The maximum atomic E-state index is 11.7. The lowest BCUT2D eigenvalue weighted by Crippen LogP contribution is -2.36. The summed E-state index contributed by atoms with van der Waals surface area (Å²) >= 11 is 3.29. The number of hydrogen-bond acceptors (Lipinski definition) is 5. The smallest absolute Gasteiger partial charge is 0.130 e. The molecular weight excluding hydrogens is 332 g/mol. The highest BCUT2D eigenvalue weighted by molar-refractivity contribution is 9.10. The number of nitrogens with zero attached hydrogens (tertiary/aromatic N) is 2. The van der Waals surface area contributed by atoms with Gasteiger partial charge in [0.05, 0.1) is 5.69 Å². The lowest BCUT2D eigenvalue weighted by atomic mass is 9.96. The molecule has 0 aromatic carbocycles. The van der Waals surface area contributed by atoms with Crippen LogP contribution in [0.1, 0.15) is 26.3 Å². The minimum absolute atomic E-state index is 0.138. The van der Waals surface area contributed by atoms with E-state index in [2.05, 4.69) is 57.3 Å². The van der Waals surface area contributed by atoms with Crippen LogP contribution in [0.25, 0.3) is 0 Å². The summed E-state index contributed by atoms with van der Waals surface area (Å²) in [4.78, 5) is 8.11. The van der Waals surface area contributed by atoms with Crippen LogP contribution in [0.15, 0.2) is 35.1 Å². The van der Waals surface area contributed by atoms with Crippen molar-refractivity contribution in [3.05, 3.63) is 40.6 Å². The molecule has 2 N–H and O–H groups in total. The van der Waals surface area contributed by atoms with E-state index >= 15 is 0 Å². The Balaban J connectivity index is 2.18. The van der Waals surface area contributed by atoms with Crippen LogP contribution in [-0.2, 0) is 5.54 Å². The number of pyridine rings is 2. The zero-order valence-electron chi connectivity index (χ0n) is 12.3. The van der Waals surface area contributed by atoms with Crippen molar-refractivity contribution in [2.45, 2.75) is 26.3 Å². The van der Waals surface area contributed by atoms with Crippen molar-refractivity contribution in [1.29, 1.82) is 0 Å². The van der Waals surface area contributed by atoms with Gasteiger partial charge in [-0.15, -0.1) is 0 Å². The van der Waals surface area contributed by atoms with Crippen LogP contribution in [0.2, 0.25) is 0 Å². The fourth-order valence-corrected chi connectivity index (χ4v) is 2.37. The van der Waals surface area contributed by atoms with Crippen molar-refractivity contribution in [3.8, 4) is 5.88 Å². The van der Waals surface area contributed by atoms with Crippen LogP contribution in [0.4, 0.5) is 11.5 Å². The highest BCUT2D eigenvalue weighted by Crippen LogP contribution is 2.26. The van der Waals surface area contributed by atoms with Gasteiger partial charge in [-0.25, -0.2) is 4.98 Å². The molecule has 2 aromatic rings. The summed E-state index contributed by atoms with van der Waals surface area (Å²) in [5.74, 6) is 0.306. The van der Waals surface area contributed by atoms with E-state index in [1.165, 1.54) is 6.20 Å². The molecule has 0 spiro atoms. The van der Waals surface area contributed by atoms with Crippen molar-refractivity contribution in [3.63, 3.8) is 0 Å². The fraction of sp³-hybridized carbons (Fsp3) is 0.333. The highest BCUT2D eigenvalue weighted by atomic mass is 79.9. The van der Waals surface area contributed by atoms with Crippen LogP contribution in [0, 0.1) is 0 Å². The van der Waals surface area contributed by atoms with Gasteiger partial charge in [-0.2, -0.15) is 0 Å². The molecule has 21 heavy (non-hydrogen) atoms. The first kappa shape index (κ1) is 15.7. The number of rotatable bonds is 5. The topological polar surface area (TPSA) is 72.9 Å². The SMILES string of the molecule is CCNC(C)(C)c1ccc(Nc2cc(Br)cnc2[O-])nc1. The third kappa shape index (κ3) is 3.92. The first-order valence-corrected chi connectivity index (χ1v) is 7.53. The lowest BCUT2D eigenvalue weighted by Gasteiger charge is -2.26. The molecule has 0 aliphatic carbocycles. The van der Waals surface area contributed by atoms with Crippen molar-refractivity contribution < 1.29 is 5.11 Å². The summed E-state index contributed by atoms with van der Waals surface area (Å²) in [6.45, 7) is 7.17. The van der Waals surface area contributed by atoms with E-state index in [4.69, 9.17) is 0 Å². The Morgan fingerprint density at radius 3 is 2.62 bits per heavy atom. The van der Waals surface area contributed by atoms with E-state index in [0.717, 1.165) is 16.6 Å². The van der Waals surface area contributed by atoms with E-state index in [9.17, 15) is 5.11 Å². The first-order chi connectivity index (χ1) is 9.92. The molecule has 0 atom stereocenters. The minimum atomic E-state index is -0.308. The Morgan fingerprint density at radius 2 is 2.00 bits per heavy atom. The number of aromatic nitrogens is 2. The molecule has 0 fully saturated rings. The maximum absolute atomic E-state index is 11.7. The van der Waals surface area contributed by atoms with Gasteiger partial charge in [0, 0.05) is 28.3 Å². The molecule has 2 heterocycles. The Morgan fingerprint density at radius 1 is 1.24 bits per heavy atom. The molecule has 2 aromatic heterocycles. The maximum Gasteiger partial charge on any atom is 0.130 e. The average Bonchev–Trinajstić information content (AvgIpc) is 2.43. The van der Waals surface area contributed by atoms with Gasteiger partial charge in [-0.05, 0) is 54.0 Å². The van der Waals surface area contributed by atoms with Crippen LogP contribution in [-0.4, -0.2) is 16.5 Å². The number of halogens is 1. The van der Waals surface area contributed by atoms with Gasteiger partial charge in [0.15, 0.2) is 0 Å². The van der Waals surface area contributed by atoms with Crippen molar-refractivity contribution in [2.24, 2.45) is 0 Å². The summed E-state index contributed by atoms with van der Waals surface area (Å²) in [5.41, 5.74) is 1.35. The zero-order chi connectivity index (χ0) is 15.5. The summed E-state index contributed by atoms with van der Waals surface area (Å²) in [6.07, 6.45) is 3.28. The van der Waals surface area contributed by atoms with Crippen LogP contribution in [0.5, 0.6) is 5.88 Å². The lowest BCUT2D eigenvalue weighted by molar-refractivity contribution is -0.273. The average molecular weight is 350 g/mol. The summed E-state index contributed by atoms with van der Waals surface area (Å²) in [5, 5.41) is 18.0. The first-order valence-electron chi connectivity index (χ1n) is 6.73. The monoisotopic (exact) mass is 349 g/mol. The molecule has 5 nitrogen and oxygen atoms in total. The Kier molecular flexibility index (Phi) is 4.80. The van der Waals surface area contributed by atoms with Crippen molar-refractivity contribution >= 4 is 27.4 Å². The molecule has 0 amide bonds. The predicted octanol–water partition coefficient (Wildman–Crippen LogP) is 2.90. The molecule has 0 aliphatic rings. The molecule has 0 radical (unpaired) electrons. The quantitative estimate of drug-likeness (QED) is 0.868. The van der Waals surface area contributed by atoms with Gasteiger partial charge < -0.3 is 15.7 Å². The second-order valence-corrected chi connectivity index (χ2v) is 6.13. The second-order valence-electron chi connectivity index (χ2n) is 5.22. The Hall–Kier alpha value is -1.66. The fourth-order valence-electron chi connectivity index (χ4n) is 2.04. The third-order valence-corrected chi connectivity index (χ3v) is 3.62. The van der Waals surface area contributed by atoms with Gasteiger partial charge in [0.2, 0.25) is 0 Å². The molecule has 2 rings (SSSR count). The largest absolute Gasteiger partial charge is 0.857 e. The van der Waals surface area contributed by atoms with Crippen molar-refractivity contribution in [1.82, 2.24) is 15.3 Å². The molecule has 0 unspecified atom stereocenters. The van der Waals surface area contributed by atoms with Gasteiger partial charge in [0.1, 0.15) is 5.82 Å². The standard InChI is InChI=1S/C15H19BrN4O/c1-4-19-15(2,3)10-5-6-13(17-8-10)20-12-7-11(16)9-18-14(12)21/h5-9,19H,4H2,1-3H3,(H,17,20)(H,18,21)/p-1. The molecule has 6 heteroatoms. The number of hydrogen-bond donors (Lipinski definition) is 2. The summed E-state index contributed by atoms with van der Waals surface area (Å²) in [7, 11) is 0. The Labute approximate surface area is 133 Å². The Bertz CT molecular complexity index is 614. The van der Waals surface area contributed by atoms with Crippen LogP contribution in [0.3, 0.4) is 0 Å². The van der Waals surface area contributed by atoms with E-state index in [-0.39, 0.29) is 11.4 Å². The molecule has 0 saturated heterocycles. The number of anilines is 2. The molecular formula is C15H18BrN4O-. The van der Waals surface area contributed by atoms with E-state index < -0.39 is 0 Å². The molecule has 0 saturated carbocycles. The van der Waals surface area contributed by atoms with Crippen molar-refractivity contribution in [2.75, 3.05) is 11.9 Å². The summed E-state index contributed by atoms with van der Waals surface area (Å²) in [6, 6.07) is 5.54. The highest BCUT2D eigenvalue weighted by Gasteiger charge is 2.18. The van der Waals surface area contributed by atoms with Gasteiger partial charge >= 0.3 is 0 Å². The van der Waals surface area contributed by atoms with E-state index in [0.29, 0.717) is 11.5 Å². The molecule has 112 valence electrons. The van der Waals surface area contributed by atoms with E-state index in [1.54, 1.807) is 12.3 Å². The van der Waals surface area contributed by atoms with Gasteiger partial charge in [-0.3, -0.25) is 4.98 Å². The predicted molar refractivity (Wildman–Crippen MR) is 85.6 cm³/mol.